The van der Waals surface area contributed by atoms with Gasteiger partial charge in [-0.15, -0.1) is 0 Å². The number of nitrogens with one attached hydrogen (secondary N) is 1. The Morgan fingerprint density at radius 1 is 1.59 bits per heavy atom. The van der Waals surface area contributed by atoms with Gasteiger partial charge in [0.2, 0.25) is 5.91 Å². The fourth-order valence-corrected chi connectivity index (χ4v) is 2.29. The predicted molar refractivity (Wildman–Crippen MR) is 66.6 cm³/mol. The van der Waals surface area contributed by atoms with Crippen LogP contribution in [0, 0.1) is 0 Å². The van der Waals surface area contributed by atoms with Gasteiger partial charge in [0.1, 0.15) is 0 Å². The van der Waals surface area contributed by atoms with Crippen LogP contribution in [0.5, 0.6) is 0 Å². The lowest BCUT2D eigenvalue weighted by Gasteiger charge is -2.35. The first-order valence-electron chi connectivity index (χ1n) is 6.15. The summed E-state index contributed by atoms with van der Waals surface area (Å²) in [6, 6.07) is 6.27. The van der Waals surface area contributed by atoms with E-state index in [1.54, 1.807) is 6.92 Å². The zero-order chi connectivity index (χ0) is 12.1. The van der Waals surface area contributed by atoms with E-state index in [1.807, 2.05) is 29.3 Å². The fraction of sp³-hybridized carbons (Fsp3) is 0.538. The van der Waals surface area contributed by atoms with Crippen LogP contribution in [0.1, 0.15) is 19.0 Å². The number of piperazine rings is 1. The molecule has 1 aliphatic rings. The minimum absolute atomic E-state index is 0.178. The van der Waals surface area contributed by atoms with Gasteiger partial charge in [-0.1, -0.05) is 6.07 Å². The summed E-state index contributed by atoms with van der Waals surface area (Å²) in [5.74, 6) is 0.178. The van der Waals surface area contributed by atoms with Crippen molar-refractivity contribution in [3.05, 3.63) is 30.1 Å². The molecular weight excluding hydrogens is 214 g/mol. The number of hydrogen-bond acceptors (Lipinski definition) is 3. The highest BCUT2D eigenvalue weighted by atomic mass is 16.2. The molecule has 17 heavy (non-hydrogen) atoms. The van der Waals surface area contributed by atoms with E-state index in [0.29, 0.717) is 6.04 Å². The van der Waals surface area contributed by atoms with Gasteiger partial charge >= 0.3 is 0 Å². The monoisotopic (exact) mass is 233 g/mol. The molecule has 0 aromatic carbocycles. The molecule has 1 unspecified atom stereocenters. The van der Waals surface area contributed by atoms with E-state index in [2.05, 4.69) is 10.3 Å². The Morgan fingerprint density at radius 2 is 2.47 bits per heavy atom. The van der Waals surface area contributed by atoms with Gasteiger partial charge in [0, 0.05) is 44.5 Å². The molecule has 1 aliphatic heterocycles. The van der Waals surface area contributed by atoms with Crippen molar-refractivity contribution in [2.75, 3.05) is 19.6 Å². The Morgan fingerprint density at radius 3 is 3.18 bits per heavy atom. The summed E-state index contributed by atoms with van der Waals surface area (Å²) in [4.78, 5) is 17.8. The molecule has 0 aliphatic carbocycles. The zero-order valence-electron chi connectivity index (χ0n) is 10.2. The number of carbonyl (C=O) groups is 1. The summed E-state index contributed by atoms with van der Waals surface area (Å²) < 4.78 is 0. The van der Waals surface area contributed by atoms with Crippen LogP contribution in [-0.2, 0) is 11.2 Å². The first-order valence-corrected chi connectivity index (χ1v) is 6.15. The van der Waals surface area contributed by atoms with Crippen LogP contribution in [0.4, 0.5) is 0 Å². The van der Waals surface area contributed by atoms with E-state index >= 15 is 0 Å². The minimum atomic E-state index is 0.178. The average molecular weight is 233 g/mol. The molecule has 2 heterocycles. The third kappa shape index (κ3) is 3.27. The zero-order valence-corrected chi connectivity index (χ0v) is 10.2. The molecular formula is C13H19N3O. The van der Waals surface area contributed by atoms with Crippen LogP contribution in [-0.4, -0.2) is 41.5 Å². The lowest BCUT2D eigenvalue weighted by molar-refractivity contribution is -0.132. The predicted octanol–water partition coefficient (Wildman–Crippen LogP) is 0.834. The van der Waals surface area contributed by atoms with E-state index in [0.717, 1.165) is 38.2 Å². The minimum Gasteiger partial charge on any atom is -0.337 e. The number of rotatable bonds is 3. The van der Waals surface area contributed by atoms with Gasteiger partial charge in [-0.25, -0.2) is 0 Å². The smallest absolute Gasteiger partial charge is 0.219 e. The van der Waals surface area contributed by atoms with Gasteiger partial charge in [0.05, 0.1) is 0 Å². The first-order chi connectivity index (χ1) is 8.27. The molecule has 1 atom stereocenters. The van der Waals surface area contributed by atoms with Crippen LogP contribution >= 0.6 is 0 Å². The highest BCUT2D eigenvalue weighted by Crippen LogP contribution is 2.11. The Kier molecular flexibility index (Phi) is 4.09. The molecule has 1 fully saturated rings. The van der Waals surface area contributed by atoms with E-state index in [1.165, 1.54) is 0 Å². The molecule has 92 valence electrons. The number of amides is 1. The molecule has 1 aromatic rings. The number of hydrogen-bond donors (Lipinski definition) is 1. The van der Waals surface area contributed by atoms with Crippen molar-refractivity contribution in [3.8, 4) is 0 Å². The van der Waals surface area contributed by atoms with Gasteiger partial charge in [-0.3, -0.25) is 9.78 Å². The molecule has 4 nitrogen and oxygen atoms in total. The molecule has 1 N–H and O–H groups in total. The maximum atomic E-state index is 11.5. The van der Waals surface area contributed by atoms with Crippen molar-refractivity contribution < 1.29 is 4.79 Å². The first kappa shape index (κ1) is 12.0. The summed E-state index contributed by atoms with van der Waals surface area (Å²) in [6.45, 7) is 4.27. The van der Waals surface area contributed by atoms with Crippen molar-refractivity contribution in [3.63, 3.8) is 0 Å². The van der Waals surface area contributed by atoms with Crippen LogP contribution < -0.4 is 5.32 Å². The topological polar surface area (TPSA) is 45.2 Å². The Hall–Kier alpha value is -1.42. The van der Waals surface area contributed by atoms with Gasteiger partial charge in [0.25, 0.3) is 0 Å². The molecule has 0 spiro atoms. The fourth-order valence-electron chi connectivity index (χ4n) is 2.29. The quantitative estimate of drug-likeness (QED) is 0.841. The third-order valence-corrected chi connectivity index (χ3v) is 3.21. The van der Waals surface area contributed by atoms with E-state index in [-0.39, 0.29) is 5.91 Å². The highest BCUT2D eigenvalue weighted by molar-refractivity contribution is 5.73. The van der Waals surface area contributed by atoms with Crippen LogP contribution in [0.2, 0.25) is 0 Å². The molecule has 1 aromatic heterocycles. The largest absolute Gasteiger partial charge is 0.337 e. The van der Waals surface area contributed by atoms with Crippen LogP contribution in [0.25, 0.3) is 0 Å². The molecule has 0 saturated carbocycles. The van der Waals surface area contributed by atoms with Crippen molar-refractivity contribution in [2.24, 2.45) is 0 Å². The van der Waals surface area contributed by atoms with Crippen LogP contribution in [0.3, 0.4) is 0 Å². The lowest BCUT2D eigenvalue weighted by Crippen LogP contribution is -2.53. The Labute approximate surface area is 102 Å². The van der Waals surface area contributed by atoms with Gasteiger partial charge in [-0.2, -0.15) is 0 Å². The van der Waals surface area contributed by atoms with Gasteiger partial charge in [-0.05, 0) is 25.0 Å². The van der Waals surface area contributed by atoms with E-state index in [9.17, 15) is 4.79 Å². The van der Waals surface area contributed by atoms with Crippen LogP contribution in [0.15, 0.2) is 24.4 Å². The molecule has 2 rings (SSSR count). The van der Waals surface area contributed by atoms with Gasteiger partial charge in [0.15, 0.2) is 0 Å². The van der Waals surface area contributed by atoms with E-state index in [4.69, 9.17) is 0 Å². The third-order valence-electron chi connectivity index (χ3n) is 3.21. The number of carbonyl (C=O) groups excluding carboxylic acids is 1. The number of nitrogens with zero attached hydrogens (tertiary/aromatic N) is 2. The summed E-state index contributed by atoms with van der Waals surface area (Å²) in [7, 11) is 0. The Balaban J connectivity index is 1.90. The second-order valence-electron chi connectivity index (χ2n) is 4.43. The number of aryl methyl sites for hydroxylation is 1. The molecule has 1 saturated heterocycles. The summed E-state index contributed by atoms with van der Waals surface area (Å²) in [5, 5.41) is 3.34. The molecule has 0 bridgehead atoms. The van der Waals surface area contributed by atoms with Gasteiger partial charge < -0.3 is 10.2 Å². The van der Waals surface area contributed by atoms with Crippen molar-refractivity contribution >= 4 is 5.91 Å². The van der Waals surface area contributed by atoms with Crippen molar-refractivity contribution in [1.82, 2.24) is 15.2 Å². The second kappa shape index (κ2) is 5.77. The normalized spacial score (nSPS) is 20.3. The second-order valence-corrected chi connectivity index (χ2v) is 4.43. The number of aromatic nitrogens is 1. The molecule has 0 radical (unpaired) electrons. The molecule has 4 heteroatoms. The maximum Gasteiger partial charge on any atom is 0.219 e. The maximum absolute atomic E-state index is 11.5. The Bertz CT molecular complexity index is 366. The SMILES string of the molecule is CC(=O)N1CCNCC1CCc1ccccn1. The van der Waals surface area contributed by atoms with Crippen molar-refractivity contribution in [2.45, 2.75) is 25.8 Å². The highest BCUT2D eigenvalue weighted by Gasteiger charge is 2.23. The molecule has 1 amide bonds. The average Bonchev–Trinajstić information content (AvgIpc) is 2.38. The lowest BCUT2D eigenvalue weighted by atomic mass is 10.1. The van der Waals surface area contributed by atoms with Crippen molar-refractivity contribution in [1.29, 1.82) is 0 Å². The standard InChI is InChI=1S/C13H19N3O/c1-11(17)16-9-8-14-10-13(16)6-5-12-4-2-3-7-15-12/h2-4,7,13-14H,5-6,8-10H2,1H3. The number of pyridine rings is 1. The van der Waals surface area contributed by atoms with E-state index < -0.39 is 0 Å². The summed E-state index contributed by atoms with van der Waals surface area (Å²) >= 11 is 0. The summed E-state index contributed by atoms with van der Waals surface area (Å²) in [5.41, 5.74) is 1.10. The summed E-state index contributed by atoms with van der Waals surface area (Å²) in [6.07, 6.45) is 3.72.